The van der Waals surface area contributed by atoms with Crippen molar-refractivity contribution in [1.29, 1.82) is 0 Å². The first kappa shape index (κ1) is 26.3. The third-order valence-corrected chi connectivity index (χ3v) is 11.3. The molecule has 1 fully saturated rings. The number of alkyl halides is 2. The van der Waals surface area contributed by atoms with Crippen molar-refractivity contribution in [3.05, 3.63) is 91.0 Å². The summed E-state index contributed by atoms with van der Waals surface area (Å²) in [4.78, 5) is 13.6. The van der Waals surface area contributed by atoms with Crippen molar-refractivity contribution in [1.82, 2.24) is 0 Å². The molecule has 192 valence electrons. The van der Waals surface area contributed by atoms with Gasteiger partial charge in [0.1, 0.15) is 0 Å². The lowest BCUT2D eigenvalue weighted by atomic mass is 9.89. The van der Waals surface area contributed by atoms with Crippen LogP contribution in [0.25, 0.3) is 0 Å². The van der Waals surface area contributed by atoms with Crippen molar-refractivity contribution < 1.29 is 30.4 Å². The smallest absolute Gasteiger partial charge is 0.403 e. The molecular formula is C27H28F2O5S2. The summed E-state index contributed by atoms with van der Waals surface area (Å²) < 4.78 is 67.4. The Bertz CT molecular complexity index is 1150. The maximum absolute atomic E-state index is 15.2. The van der Waals surface area contributed by atoms with Crippen LogP contribution in [0.3, 0.4) is 0 Å². The lowest BCUT2D eigenvalue weighted by Crippen LogP contribution is -2.38. The fourth-order valence-corrected chi connectivity index (χ4v) is 9.29. The Morgan fingerprint density at radius 1 is 0.750 bits per heavy atom. The van der Waals surface area contributed by atoms with Gasteiger partial charge in [0.05, 0.1) is 5.92 Å². The van der Waals surface area contributed by atoms with Crippen LogP contribution in [0.1, 0.15) is 32.1 Å². The molecule has 0 bridgehead atoms. The number of ether oxygens (including phenoxy) is 1. The fourth-order valence-electron chi connectivity index (χ4n) is 4.23. The summed E-state index contributed by atoms with van der Waals surface area (Å²) in [6.07, 6.45) is 3.71. The predicted molar refractivity (Wildman–Crippen MR) is 134 cm³/mol. The quantitative estimate of drug-likeness (QED) is 0.278. The van der Waals surface area contributed by atoms with Crippen LogP contribution in [0.5, 0.6) is 0 Å². The molecule has 0 spiro atoms. The summed E-state index contributed by atoms with van der Waals surface area (Å²) in [5, 5.41) is -4.45. The van der Waals surface area contributed by atoms with E-state index in [9.17, 15) is 13.2 Å². The second-order valence-corrected chi connectivity index (χ2v) is 13.2. The Morgan fingerprint density at radius 3 is 1.58 bits per heavy atom. The zero-order chi connectivity index (χ0) is 25.7. The van der Waals surface area contributed by atoms with E-state index in [1.54, 1.807) is 91.0 Å². The highest BCUT2D eigenvalue weighted by molar-refractivity contribution is 8.33. The highest BCUT2D eigenvalue weighted by atomic mass is 32.3. The molecule has 5 nitrogen and oxygen atoms in total. The summed E-state index contributed by atoms with van der Waals surface area (Å²) in [6, 6.07) is 25.4. The first-order valence-corrected chi connectivity index (χ1v) is 14.7. The molecule has 0 radical (unpaired) electrons. The van der Waals surface area contributed by atoms with E-state index in [4.69, 9.17) is 8.37 Å². The number of benzene rings is 3. The molecule has 0 aliphatic heterocycles. The number of carbonyl (C=O) groups is 1. The monoisotopic (exact) mass is 534 g/mol. The first-order valence-electron chi connectivity index (χ1n) is 11.7. The van der Waals surface area contributed by atoms with E-state index in [0.29, 0.717) is 27.5 Å². The summed E-state index contributed by atoms with van der Waals surface area (Å²) in [7, 11) is -8.70. The minimum absolute atomic E-state index is 0.431. The van der Waals surface area contributed by atoms with Crippen molar-refractivity contribution in [3.8, 4) is 0 Å². The van der Waals surface area contributed by atoms with Gasteiger partial charge in [-0.05, 0) is 59.5 Å². The van der Waals surface area contributed by atoms with Gasteiger partial charge in [-0.15, -0.1) is 0 Å². The molecule has 0 atom stereocenters. The molecule has 0 heterocycles. The zero-order valence-electron chi connectivity index (χ0n) is 19.6. The van der Waals surface area contributed by atoms with Crippen LogP contribution < -0.4 is 0 Å². The number of carbonyl (C=O) groups excluding carboxylic acids is 1. The van der Waals surface area contributed by atoms with Crippen molar-refractivity contribution in [2.75, 3.05) is 6.61 Å². The maximum atomic E-state index is 15.2. The minimum atomic E-state index is -5.56. The standard InChI is InChI=1S/C27H28F2O5S2/c28-27(29,21-33-26(30)22-13-5-1-6-14-22)36(31,32)34-35(23-15-7-2-8-16-23,24-17-9-3-10-18-24)25-19-11-4-12-20-25/h2-4,7-12,15-20,22H,1,5-6,13-14,21H2. The minimum Gasteiger partial charge on any atom is -0.458 e. The zero-order valence-corrected chi connectivity index (χ0v) is 21.2. The summed E-state index contributed by atoms with van der Waals surface area (Å²) in [5.74, 6) is -1.28. The van der Waals surface area contributed by atoms with Gasteiger partial charge in [-0.1, -0.05) is 73.9 Å². The van der Waals surface area contributed by atoms with E-state index in [2.05, 4.69) is 0 Å². The number of hydrogen-bond donors (Lipinski definition) is 0. The number of hydrogen-bond acceptors (Lipinski definition) is 5. The lowest BCUT2D eigenvalue weighted by Gasteiger charge is -2.40. The molecule has 0 saturated heterocycles. The third-order valence-electron chi connectivity index (χ3n) is 6.10. The molecule has 9 heteroatoms. The number of halogens is 2. The van der Waals surface area contributed by atoms with Crippen LogP contribution in [0.4, 0.5) is 8.78 Å². The van der Waals surface area contributed by atoms with Crippen molar-refractivity contribution in [2.24, 2.45) is 5.92 Å². The second-order valence-electron chi connectivity index (χ2n) is 8.60. The number of esters is 1. The van der Waals surface area contributed by atoms with Crippen LogP contribution in [-0.4, -0.2) is 26.2 Å². The fraction of sp³-hybridized carbons (Fsp3) is 0.296. The summed E-state index contributed by atoms with van der Waals surface area (Å²) in [6.45, 7) is -1.60. The largest absolute Gasteiger partial charge is 0.458 e. The molecule has 4 rings (SSSR count). The topological polar surface area (TPSA) is 69.7 Å². The van der Waals surface area contributed by atoms with Crippen LogP contribution in [-0.2, 0) is 23.3 Å². The molecule has 1 saturated carbocycles. The molecule has 3 aromatic rings. The van der Waals surface area contributed by atoms with Gasteiger partial charge in [0, 0.05) is 14.7 Å². The van der Waals surface area contributed by atoms with Crippen molar-refractivity contribution >= 4 is 26.4 Å². The van der Waals surface area contributed by atoms with E-state index in [1.807, 2.05) is 0 Å². The second kappa shape index (κ2) is 11.1. The molecule has 1 aliphatic rings. The Kier molecular flexibility index (Phi) is 8.12. The highest BCUT2D eigenvalue weighted by Crippen LogP contribution is 2.70. The summed E-state index contributed by atoms with van der Waals surface area (Å²) in [5.41, 5.74) is 0. The maximum Gasteiger partial charge on any atom is 0.403 e. The van der Waals surface area contributed by atoms with E-state index < -0.39 is 44.2 Å². The van der Waals surface area contributed by atoms with Gasteiger partial charge in [0.25, 0.3) is 0 Å². The van der Waals surface area contributed by atoms with E-state index >= 15 is 8.78 Å². The Balaban J connectivity index is 1.73. The first-order chi connectivity index (χ1) is 17.3. The Hall–Kier alpha value is -2.75. The van der Waals surface area contributed by atoms with Crippen LogP contribution >= 0.6 is 10.3 Å². The molecular weight excluding hydrogens is 506 g/mol. The van der Waals surface area contributed by atoms with Gasteiger partial charge >= 0.3 is 21.3 Å². The van der Waals surface area contributed by atoms with Gasteiger partial charge < -0.3 is 4.74 Å². The SMILES string of the molecule is O=C(OCC(F)(F)S(=O)(=O)OS(c1ccccc1)(c1ccccc1)c1ccccc1)C1CCCCC1. The van der Waals surface area contributed by atoms with Gasteiger partial charge in [0.15, 0.2) is 6.61 Å². The molecule has 36 heavy (non-hydrogen) atoms. The van der Waals surface area contributed by atoms with Crippen LogP contribution in [0.15, 0.2) is 106 Å². The molecule has 0 aromatic heterocycles. The normalized spacial score (nSPS) is 15.8. The Morgan fingerprint density at radius 2 is 1.17 bits per heavy atom. The van der Waals surface area contributed by atoms with Gasteiger partial charge in [0.2, 0.25) is 0 Å². The number of rotatable bonds is 9. The molecule has 0 N–H and O–H groups in total. The third kappa shape index (κ3) is 5.48. The highest BCUT2D eigenvalue weighted by Gasteiger charge is 2.52. The lowest BCUT2D eigenvalue weighted by molar-refractivity contribution is -0.155. The van der Waals surface area contributed by atoms with Gasteiger partial charge in [-0.25, -0.2) is 3.63 Å². The predicted octanol–water partition coefficient (Wildman–Crippen LogP) is 6.95. The molecule has 0 unspecified atom stereocenters. The van der Waals surface area contributed by atoms with Gasteiger partial charge in [-0.3, -0.25) is 4.79 Å². The Labute approximate surface area is 212 Å². The van der Waals surface area contributed by atoms with E-state index in [-0.39, 0.29) is 0 Å². The summed E-state index contributed by atoms with van der Waals surface area (Å²) >= 11 is 0. The van der Waals surface area contributed by atoms with Gasteiger partial charge in [-0.2, -0.15) is 17.2 Å². The van der Waals surface area contributed by atoms with Crippen molar-refractivity contribution in [3.63, 3.8) is 0 Å². The average Bonchev–Trinajstić information content (AvgIpc) is 2.92. The van der Waals surface area contributed by atoms with E-state index in [0.717, 1.165) is 19.3 Å². The molecule has 0 amide bonds. The van der Waals surface area contributed by atoms with Crippen LogP contribution in [0.2, 0.25) is 0 Å². The molecule has 1 aliphatic carbocycles. The van der Waals surface area contributed by atoms with E-state index in [1.165, 1.54) is 0 Å². The average molecular weight is 535 g/mol. The van der Waals surface area contributed by atoms with Crippen molar-refractivity contribution in [2.45, 2.75) is 52.0 Å². The molecule has 3 aromatic carbocycles. The van der Waals surface area contributed by atoms with Crippen LogP contribution in [0, 0.1) is 5.92 Å².